The summed E-state index contributed by atoms with van der Waals surface area (Å²) in [5.74, 6) is 1.33. The van der Waals surface area contributed by atoms with Crippen LogP contribution in [0.4, 0.5) is 0 Å². The molecule has 0 spiro atoms. The van der Waals surface area contributed by atoms with Crippen LogP contribution >= 0.6 is 11.6 Å². The molecule has 0 saturated carbocycles. The minimum absolute atomic E-state index is 0.571. The van der Waals surface area contributed by atoms with E-state index < -0.39 is 0 Å². The van der Waals surface area contributed by atoms with Crippen molar-refractivity contribution in [3.05, 3.63) is 22.7 Å². The first-order chi connectivity index (χ1) is 7.74. The summed E-state index contributed by atoms with van der Waals surface area (Å²) in [4.78, 5) is 0. The number of nitrogens with two attached hydrogens (primary N) is 1. The maximum Gasteiger partial charge on any atom is 0.179 e. The average molecular weight is 244 g/mol. The number of ether oxygens (including phenoxy) is 2. The molecule has 0 aromatic heterocycles. The third-order valence-electron chi connectivity index (χ3n) is 2.45. The van der Waals surface area contributed by atoms with Crippen LogP contribution in [-0.4, -0.2) is 20.8 Å². The molecular weight excluding hydrogens is 226 g/mol. The molecule has 90 valence electrons. The van der Waals surface area contributed by atoms with Crippen molar-refractivity contribution >= 4 is 11.6 Å². The van der Waals surface area contributed by atoms with E-state index in [2.05, 4.69) is 0 Å². The van der Waals surface area contributed by atoms with Gasteiger partial charge in [-0.15, -0.1) is 0 Å². The molecule has 0 radical (unpaired) electrons. The van der Waals surface area contributed by atoms with Crippen LogP contribution in [0.3, 0.4) is 0 Å². The molecule has 1 aromatic rings. The van der Waals surface area contributed by atoms with Crippen LogP contribution in [0.25, 0.3) is 0 Å². The van der Waals surface area contributed by atoms with Gasteiger partial charge in [-0.05, 0) is 37.4 Å². The number of benzene rings is 1. The number of hydrogen-bond donors (Lipinski definition) is 1. The predicted molar refractivity (Wildman–Crippen MR) is 66.5 cm³/mol. The first kappa shape index (κ1) is 13.1. The van der Waals surface area contributed by atoms with E-state index >= 15 is 0 Å². The Balaban J connectivity index is 2.91. The number of rotatable bonds is 6. The van der Waals surface area contributed by atoms with Gasteiger partial charge in [-0.3, -0.25) is 0 Å². The van der Waals surface area contributed by atoms with Gasteiger partial charge in [0.05, 0.1) is 19.2 Å². The minimum Gasteiger partial charge on any atom is -0.493 e. The van der Waals surface area contributed by atoms with E-state index in [1.54, 1.807) is 14.2 Å². The lowest BCUT2D eigenvalue weighted by Crippen LogP contribution is -2.01. The normalized spacial score (nSPS) is 10.2. The summed E-state index contributed by atoms with van der Waals surface area (Å²) in [7, 11) is 3.22. The Morgan fingerprint density at radius 1 is 1.12 bits per heavy atom. The second-order valence-electron chi connectivity index (χ2n) is 3.52. The van der Waals surface area contributed by atoms with Crippen molar-refractivity contribution in [2.75, 3.05) is 20.8 Å². The van der Waals surface area contributed by atoms with E-state index in [0.29, 0.717) is 17.3 Å². The van der Waals surface area contributed by atoms with Gasteiger partial charge in [0.2, 0.25) is 0 Å². The Morgan fingerprint density at radius 2 is 1.81 bits per heavy atom. The number of unbranched alkanes of at least 4 members (excludes halogenated alkanes) is 1. The Hall–Kier alpha value is -0.930. The van der Waals surface area contributed by atoms with E-state index in [4.69, 9.17) is 26.8 Å². The molecule has 0 aliphatic carbocycles. The first-order valence-corrected chi connectivity index (χ1v) is 5.71. The van der Waals surface area contributed by atoms with Crippen molar-refractivity contribution in [1.82, 2.24) is 0 Å². The van der Waals surface area contributed by atoms with Crippen LogP contribution in [0.1, 0.15) is 18.4 Å². The fourth-order valence-electron chi connectivity index (χ4n) is 1.65. The molecule has 0 fully saturated rings. The van der Waals surface area contributed by atoms with Gasteiger partial charge in [0.1, 0.15) is 0 Å². The van der Waals surface area contributed by atoms with Gasteiger partial charge in [-0.1, -0.05) is 17.7 Å². The Bertz CT molecular complexity index is 342. The summed E-state index contributed by atoms with van der Waals surface area (Å²) >= 11 is 6.02. The summed E-state index contributed by atoms with van der Waals surface area (Å²) in [5.41, 5.74) is 6.57. The number of methoxy groups -OCH3 is 2. The Morgan fingerprint density at radius 3 is 2.38 bits per heavy atom. The molecule has 3 nitrogen and oxygen atoms in total. The van der Waals surface area contributed by atoms with Crippen molar-refractivity contribution in [3.63, 3.8) is 0 Å². The van der Waals surface area contributed by atoms with E-state index in [9.17, 15) is 0 Å². The molecule has 0 atom stereocenters. The zero-order chi connectivity index (χ0) is 12.0. The van der Waals surface area contributed by atoms with Gasteiger partial charge in [-0.25, -0.2) is 0 Å². The second-order valence-corrected chi connectivity index (χ2v) is 3.93. The highest BCUT2D eigenvalue weighted by atomic mass is 35.5. The third-order valence-corrected chi connectivity index (χ3v) is 2.75. The van der Waals surface area contributed by atoms with E-state index in [-0.39, 0.29) is 0 Å². The van der Waals surface area contributed by atoms with Crippen LogP contribution < -0.4 is 15.2 Å². The smallest absolute Gasteiger partial charge is 0.179 e. The lowest BCUT2D eigenvalue weighted by molar-refractivity contribution is 0.351. The molecule has 16 heavy (non-hydrogen) atoms. The van der Waals surface area contributed by atoms with Crippen LogP contribution in [0, 0.1) is 0 Å². The first-order valence-electron chi connectivity index (χ1n) is 5.34. The molecule has 2 N–H and O–H groups in total. The second kappa shape index (κ2) is 6.61. The zero-order valence-electron chi connectivity index (χ0n) is 9.75. The van der Waals surface area contributed by atoms with E-state index in [0.717, 1.165) is 30.6 Å². The summed E-state index contributed by atoms with van der Waals surface area (Å²) < 4.78 is 10.6. The highest BCUT2D eigenvalue weighted by Crippen LogP contribution is 2.38. The zero-order valence-corrected chi connectivity index (χ0v) is 10.5. The number of aryl methyl sites for hydroxylation is 1. The molecule has 0 heterocycles. The van der Waals surface area contributed by atoms with Gasteiger partial charge in [0, 0.05) is 0 Å². The van der Waals surface area contributed by atoms with Crippen molar-refractivity contribution in [3.8, 4) is 11.5 Å². The molecule has 0 amide bonds. The van der Waals surface area contributed by atoms with Crippen molar-refractivity contribution in [2.45, 2.75) is 19.3 Å². The summed E-state index contributed by atoms with van der Waals surface area (Å²) in [6.45, 7) is 0.715. The maximum atomic E-state index is 6.02. The topological polar surface area (TPSA) is 44.5 Å². The SMILES string of the molecule is COc1c(Cl)ccc(CCCCN)c1OC. The van der Waals surface area contributed by atoms with Gasteiger partial charge >= 0.3 is 0 Å². The average Bonchev–Trinajstić information content (AvgIpc) is 2.30. The highest BCUT2D eigenvalue weighted by Gasteiger charge is 2.13. The molecule has 0 saturated heterocycles. The largest absolute Gasteiger partial charge is 0.493 e. The summed E-state index contributed by atoms with van der Waals surface area (Å²) in [5, 5.41) is 0.571. The quantitative estimate of drug-likeness (QED) is 0.782. The number of hydrogen-bond acceptors (Lipinski definition) is 3. The fraction of sp³-hybridized carbons (Fsp3) is 0.500. The van der Waals surface area contributed by atoms with Gasteiger partial charge in [0.25, 0.3) is 0 Å². The van der Waals surface area contributed by atoms with E-state index in [1.165, 1.54) is 0 Å². The fourth-order valence-corrected chi connectivity index (χ4v) is 1.88. The molecule has 1 aromatic carbocycles. The van der Waals surface area contributed by atoms with Gasteiger partial charge in [0.15, 0.2) is 11.5 Å². The van der Waals surface area contributed by atoms with Gasteiger partial charge in [-0.2, -0.15) is 0 Å². The Labute approximate surface area is 101 Å². The predicted octanol–water partition coefficient (Wildman–Crippen LogP) is 2.64. The van der Waals surface area contributed by atoms with Crippen LogP contribution in [0.15, 0.2) is 12.1 Å². The third kappa shape index (κ3) is 3.03. The number of halogens is 1. The maximum absolute atomic E-state index is 6.02. The Kier molecular flexibility index (Phi) is 5.43. The van der Waals surface area contributed by atoms with E-state index in [1.807, 2.05) is 12.1 Å². The molecule has 0 aliphatic rings. The molecule has 0 bridgehead atoms. The van der Waals surface area contributed by atoms with Crippen molar-refractivity contribution in [1.29, 1.82) is 0 Å². The highest BCUT2D eigenvalue weighted by molar-refractivity contribution is 6.32. The standard InChI is InChI=1S/C12H18ClNO2/c1-15-11-9(5-3-4-8-14)6-7-10(13)12(11)16-2/h6-7H,3-5,8,14H2,1-2H3. The van der Waals surface area contributed by atoms with Gasteiger partial charge < -0.3 is 15.2 Å². The monoisotopic (exact) mass is 243 g/mol. The van der Waals surface area contributed by atoms with Crippen molar-refractivity contribution in [2.24, 2.45) is 5.73 Å². The van der Waals surface area contributed by atoms with Crippen LogP contribution in [-0.2, 0) is 6.42 Å². The van der Waals surface area contributed by atoms with Crippen molar-refractivity contribution < 1.29 is 9.47 Å². The lowest BCUT2D eigenvalue weighted by atomic mass is 10.1. The molecule has 4 heteroatoms. The summed E-state index contributed by atoms with van der Waals surface area (Å²) in [6.07, 6.45) is 2.97. The molecular formula is C12H18ClNO2. The minimum atomic E-state index is 0.571. The van der Waals surface area contributed by atoms with Crippen LogP contribution in [0.2, 0.25) is 5.02 Å². The lowest BCUT2D eigenvalue weighted by Gasteiger charge is -2.13. The molecule has 1 rings (SSSR count). The van der Waals surface area contributed by atoms with Crippen LogP contribution in [0.5, 0.6) is 11.5 Å². The molecule has 0 aliphatic heterocycles. The molecule has 0 unspecified atom stereocenters. The summed E-state index contributed by atoms with van der Waals surface area (Å²) in [6, 6.07) is 3.81.